The summed E-state index contributed by atoms with van der Waals surface area (Å²) in [5, 5.41) is 6.99. The van der Waals surface area contributed by atoms with Crippen LogP contribution in [0.25, 0.3) is 0 Å². The summed E-state index contributed by atoms with van der Waals surface area (Å²) in [5.74, 6) is 0. The minimum Gasteiger partial charge on any atom is -0.314 e. The Hall–Kier alpha value is -0.210. The van der Waals surface area contributed by atoms with Crippen LogP contribution >= 0.6 is 22.6 Å². The average Bonchev–Trinajstić information content (AvgIpc) is 2.47. The number of hydrogen-bond donors (Lipinski definition) is 2. The fraction of sp³-hybridized carbons (Fsp3) is 0.625. The summed E-state index contributed by atoms with van der Waals surface area (Å²) in [4.78, 5) is 4.98. The van der Waals surface area contributed by atoms with Gasteiger partial charge in [-0.3, -0.25) is 4.90 Å². The fourth-order valence-electron chi connectivity index (χ4n) is 2.48. The number of nitrogens with zero attached hydrogens (tertiary/aromatic N) is 2. The van der Waals surface area contributed by atoms with Gasteiger partial charge in [-0.1, -0.05) is 12.1 Å². The molecule has 1 aromatic carbocycles. The van der Waals surface area contributed by atoms with Crippen molar-refractivity contribution in [3.05, 3.63) is 33.4 Å². The van der Waals surface area contributed by atoms with Crippen LogP contribution in [-0.2, 0) is 6.54 Å². The van der Waals surface area contributed by atoms with Crippen molar-refractivity contribution in [2.45, 2.75) is 6.54 Å². The summed E-state index contributed by atoms with van der Waals surface area (Å²) in [7, 11) is 2.22. The molecule has 118 valence electrons. The van der Waals surface area contributed by atoms with Gasteiger partial charge in [0.2, 0.25) is 0 Å². The van der Waals surface area contributed by atoms with Gasteiger partial charge >= 0.3 is 0 Å². The maximum atomic E-state index is 3.52. The third kappa shape index (κ3) is 7.06. The summed E-state index contributed by atoms with van der Waals surface area (Å²) in [6, 6.07) is 8.89. The van der Waals surface area contributed by atoms with Gasteiger partial charge in [0.15, 0.2) is 0 Å². The van der Waals surface area contributed by atoms with E-state index < -0.39 is 0 Å². The summed E-state index contributed by atoms with van der Waals surface area (Å²) in [6.07, 6.45) is 0. The normalized spacial score (nSPS) is 20.7. The lowest BCUT2D eigenvalue weighted by molar-refractivity contribution is 0.216. The number of halogens is 1. The molecule has 0 aliphatic carbocycles. The SMILES string of the molecule is CN1CCNCCNCCN(Cc2ccc(I)cc2)CC1. The third-order valence-corrected chi connectivity index (χ3v) is 4.59. The van der Waals surface area contributed by atoms with Crippen LogP contribution in [-0.4, -0.2) is 69.2 Å². The van der Waals surface area contributed by atoms with E-state index in [-0.39, 0.29) is 0 Å². The topological polar surface area (TPSA) is 30.5 Å². The van der Waals surface area contributed by atoms with Crippen molar-refractivity contribution in [2.75, 3.05) is 59.4 Å². The molecular formula is C16H27IN4. The van der Waals surface area contributed by atoms with E-state index >= 15 is 0 Å². The smallest absolute Gasteiger partial charge is 0.0234 e. The molecule has 0 amide bonds. The Morgan fingerprint density at radius 1 is 0.905 bits per heavy atom. The van der Waals surface area contributed by atoms with Crippen molar-refractivity contribution in [1.82, 2.24) is 20.4 Å². The Labute approximate surface area is 142 Å². The van der Waals surface area contributed by atoms with Crippen molar-refractivity contribution < 1.29 is 0 Å². The average molecular weight is 402 g/mol. The Bertz CT molecular complexity index is 396. The number of rotatable bonds is 2. The second-order valence-corrected chi connectivity index (χ2v) is 6.95. The lowest BCUT2D eigenvalue weighted by Crippen LogP contribution is -2.42. The molecule has 0 radical (unpaired) electrons. The highest BCUT2D eigenvalue weighted by Crippen LogP contribution is 2.09. The van der Waals surface area contributed by atoms with E-state index in [2.05, 4.69) is 74.3 Å². The van der Waals surface area contributed by atoms with Crippen LogP contribution in [0, 0.1) is 3.57 Å². The Morgan fingerprint density at radius 2 is 1.57 bits per heavy atom. The first-order valence-corrected chi connectivity index (χ1v) is 8.89. The molecule has 2 N–H and O–H groups in total. The highest BCUT2D eigenvalue weighted by Gasteiger charge is 2.08. The Kier molecular flexibility index (Phi) is 7.95. The second-order valence-electron chi connectivity index (χ2n) is 5.71. The number of likely N-dealkylation sites (N-methyl/N-ethyl adjacent to an activating group) is 1. The van der Waals surface area contributed by atoms with E-state index in [9.17, 15) is 0 Å². The molecule has 21 heavy (non-hydrogen) atoms. The molecule has 4 nitrogen and oxygen atoms in total. The van der Waals surface area contributed by atoms with Gasteiger partial charge < -0.3 is 15.5 Å². The third-order valence-electron chi connectivity index (χ3n) is 3.87. The molecular weight excluding hydrogens is 375 g/mol. The van der Waals surface area contributed by atoms with Crippen molar-refractivity contribution in [2.24, 2.45) is 0 Å². The van der Waals surface area contributed by atoms with Gasteiger partial charge in [0.1, 0.15) is 0 Å². The van der Waals surface area contributed by atoms with Crippen LogP contribution in [0.4, 0.5) is 0 Å². The standard InChI is InChI=1S/C16H27IN4/c1-20-10-8-18-6-7-19-9-11-21(13-12-20)14-15-2-4-16(17)5-3-15/h2-5,18-19H,6-14H2,1H3. The Morgan fingerprint density at radius 3 is 2.29 bits per heavy atom. The Balaban J connectivity index is 1.88. The summed E-state index contributed by atoms with van der Waals surface area (Å²) >= 11 is 2.36. The molecule has 0 atom stereocenters. The van der Waals surface area contributed by atoms with Gasteiger partial charge in [-0.25, -0.2) is 0 Å². The predicted molar refractivity (Wildman–Crippen MR) is 97.7 cm³/mol. The minimum atomic E-state index is 1.05. The van der Waals surface area contributed by atoms with Crippen LogP contribution in [0.3, 0.4) is 0 Å². The zero-order valence-corrected chi connectivity index (χ0v) is 15.1. The molecule has 5 heteroatoms. The van der Waals surface area contributed by atoms with E-state index in [4.69, 9.17) is 0 Å². The van der Waals surface area contributed by atoms with E-state index in [1.807, 2.05) is 0 Å². The van der Waals surface area contributed by atoms with Crippen LogP contribution in [0.2, 0.25) is 0 Å². The largest absolute Gasteiger partial charge is 0.314 e. The molecule has 1 saturated heterocycles. The highest BCUT2D eigenvalue weighted by molar-refractivity contribution is 14.1. The van der Waals surface area contributed by atoms with Gasteiger partial charge in [0, 0.05) is 62.5 Å². The van der Waals surface area contributed by atoms with Gasteiger partial charge in [-0.05, 0) is 47.3 Å². The van der Waals surface area contributed by atoms with Gasteiger partial charge in [-0.15, -0.1) is 0 Å². The molecule has 1 heterocycles. The van der Waals surface area contributed by atoms with Crippen LogP contribution in [0.15, 0.2) is 24.3 Å². The molecule has 1 fully saturated rings. The lowest BCUT2D eigenvalue weighted by atomic mass is 10.2. The monoisotopic (exact) mass is 402 g/mol. The fourth-order valence-corrected chi connectivity index (χ4v) is 2.84. The summed E-state index contributed by atoms with van der Waals surface area (Å²) in [5.41, 5.74) is 1.41. The molecule has 0 spiro atoms. The number of benzene rings is 1. The van der Waals surface area contributed by atoms with Crippen LogP contribution in [0.1, 0.15) is 5.56 Å². The van der Waals surface area contributed by atoms with Gasteiger partial charge in [0.25, 0.3) is 0 Å². The second kappa shape index (κ2) is 9.74. The van der Waals surface area contributed by atoms with E-state index in [0.29, 0.717) is 0 Å². The molecule has 0 aromatic heterocycles. The summed E-state index contributed by atoms with van der Waals surface area (Å²) < 4.78 is 1.30. The molecule has 1 aliphatic heterocycles. The van der Waals surface area contributed by atoms with Crippen molar-refractivity contribution >= 4 is 22.6 Å². The van der Waals surface area contributed by atoms with E-state index in [1.165, 1.54) is 9.13 Å². The first-order chi connectivity index (χ1) is 10.2. The van der Waals surface area contributed by atoms with Gasteiger partial charge in [-0.2, -0.15) is 0 Å². The molecule has 0 unspecified atom stereocenters. The first kappa shape index (κ1) is 17.1. The van der Waals surface area contributed by atoms with Crippen LogP contribution < -0.4 is 10.6 Å². The van der Waals surface area contributed by atoms with E-state index in [0.717, 1.165) is 58.9 Å². The molecule has 1 aromatic rings. The van der Waals surface area contributed by atoms with Crippen molar-refractivity contribution in [3.63, 3.8) is 0 Å². The van der Waals surface area contributed by atoms with Gasteiger partial charge in [0.05, 0.1) is 0 Å². The van der Waals surface area contributed by atoms with Crippen LogP contribution in [0.5, 0.6) is 0 Å². The first-order valence-electron chi connectivity index (χ1n) is 7.81. The summed E-state index contributed by atoms with van der Waals surface area (Å²) in [6.45, 7) is 9.80. The zero-order valence-electron chi connectivity index (χ0n) is 12.9. The van der Waals surface area contributed by atoms with Crippen molar-refractivity contribution in [3.8, 4) is 0 Å². The van der Waals surface area contributed by atoms with E-state index in [1.54, 1.807) is 0 Å². The lowest BCUT2D eigenvalue weighted by Gasteiger charge is -2.26. The molecule has 0 bridgehead atoms. The predicted octanol–water partition coefficient (Wildman–Crippen LogP) is 1.22. The zero-order chi connectivity index (χ0) is 14.9. The van der Waals surface area contributed by atoms with Crippen molar-refractivity contribution in [1.29, 1.82) is 0 Å². The molecule has 2 rings (SSSR count). The number of nitrogens with one attached hydrogen (secondary N) is 2. The maximum absolute atomic E-state index is 3.52. The quantitative estimate of drug-likeness (QED) is 0.729. The number of hydrogen-bond acceptors (Lipinski definition) is 4. The highest BCUT2D eigenvalue weighted by atomic mass is 127. The molecule has 0 saturated carbocycles. The molecule has 1 aliphatic rings. The minimum absolute atomic E-state index is 1.05. The maximum Gasteiger partial charge on any atom is 0.0234 e.